The van der Waals surface area contributed by atoms with E-state index in [1.807, 2.05) is 6.07 Å². The second-order valence-electron chi connectivity index (χ2n) is 4.98. The maximum atomic E-state index is 12.3. The topological polar surface area (TPSA) is 73.6 Å². The van der Waals surface area contributed by atoms with Crippen LogP contribution in [0, 0.1) is 5.92 Å². The Kier molecular flexibility index (Phi) is 4.73. The highest BCUT2D eigenvalue weighted by molar-refractivity contribution is 5.98. The molecule has 1 saturated carbocycles. The Morgan fingerprint density at radius 2 is 2.10 bits per heavy atom. The fraction of sp³-hybridized carbons (Fsp3) is 0.500. The summed E-state index contributed by atoms with van der Waals surface area (Å²) in [6.07, 6.45) is 2.29. The number of halogens is 1. The van der Waals surface area contributed by atoms with Crippen LogP contribution in [0.25, 0.3) is 0 Å². The highest BCUT2D eigenvalue weighted by Crippen LogP contribution is 2.35. The van der Waals surface area contributed by atoms with Crippen LogP contribution in [0.1, 0.15) is 23.2 Å². The highest BCUT2D eigenvalue weighted by atomic mass is 35.5. The summed E-state index contributed by atoms with van der Waals surface area (Å²) >= 11 is 0. The van der Waals surface area contributed by atoms with E-state index in [1.54, 1.807) is 12.1 Å². The number of fused-ring (bicyclic) bond motifs is 1. The number of hydrogen-bond donors (Lipinski definition) is 2. The molecule has 0 spiro atoms. The molecule has 2 aliphatic rings. The minimum atomic E-state index is -0.135. The van der Waals surface area contributed by atoms with Crippen molar-refractivity contribution in [1.29, 1.82) is 0 Å². The average molecular weight is 299 g/mol. The zero-order chi connectivity index (χ0) is 13.2. The molecule has 1 aliphatic carbocycles. The summed E-state index contributed by atoms with van der Waals surface area (Å²) in [4.78, 5) is 12.3. The van der Waals surface area contributed by atoms with Gasteiger partial charge in [-0.3, -0.25) is 4.79 Å². The van der Waals surface area contributed by atoms with Gasteiger partial charge in [0, 0.05) is 12.6 Å². The lowest BCUT2D eigenvalue weighted by Gasteiger charge is -2.22. The largest absolute Gasteiger partial charge is 0.486 e. The van der Waals surface area contributed by atoms with E-state index in [9.17, 15) is 4.79 Å². The molecule has 1 aliphatic heterocycles. The molecule has 1 heterocycles. The van der Waals surface area contributed by atoms with E-state index in [1.165, 1.54) is 0 Å². The van der Waals surface area contributed by atoms with Crippen LogP contribution in [-0.2, 0) is 0 Å². The molecule has 0 bridgehead atoms. The number of hydrogen-bond acceptors (Lipinski definition) is 4. The minimum absolute atomic E-state index is 0. The maximum absolute atomic E-state index is 12.3. The number of nitrogens with two attached hydrogens (primary N) is 1. The van der Waals surface area contributed by atoms with E-state index in [2.05, 4.69) is 5.32 Å². The third-order valence-electron chi connectivity index (χ3n) is 3.57. The molecule has 1 atom stereocenters. The second kappa shape index (κ2) is 6.33. The van der Waals surface area contributed by atoms with Gasteiger partial charge in [-0.2, -0.15) is 0 Å². The van der Waals surface area contributed by atoms with E-state index in [0.717, 1.165) is 12.8 Å². The van der Waals surface area contributed by atoms with Crippen molar-refractivity contribution in [2.45, 2.75) is 18.9 Å². The SMILES string of the molecule is Cl.NCC(NC(=O)c1cccc2c1OCCO2)C1CC1. The van der Waals surface area contributed by atoms with Gasteiger partial charge in [0.05, 0.1) is 5.56 Å². The number of nitrogens with one attached hydrogen (secondary N) is 1. The van der Waals surface area contributed by atoms with Gasteiger partial charge < -0.3 is 20.5 Å². The molecule has 5 nitrogen and oxygen atoms in total. The Hall–Kier alpha value is -1.46. The van der Waals surface area contributed by atoms with E-state index >= 15 is 0 Å². The highest BCUT2D eigenvalue weighted by Gasteiger charge is 2.32. The van der Waals surface area contributed by atoms with E-state index in [0.29, 0.717) is 42.7 Å². The fourth-order valence-corrected chi connectivity index (χ4v) is 2.37. The number of para-hydroxylation sites is 1. The number of ether oxygens (including phenoxy) is 2. The number of rotatable bonds is 4. The van der Waals surface area contributed by atoms with Crippen molar-refractivity contribution in [3.63, 3.8) is 0 Å². The lowest BCUT2D eigenvalue weighted by molar-refractivity contribution is 0.0922. The molecule has 110 valence electrons. The molecule has 20 heavy (non-hydrogen) atoms. The first-order chi connectivity index (χ1) is 9.29. The number of amides is 1. The first-order valence-electron chi connectivity index (χ1n) is 6.69. The molecule has 0 aromatic heterocycles. The molecule has 3 N–H and O–H groups in total. The van der Waals surface area contributed by atoms with E-state index in [4.69, 9.17) is 15.2 Å². The predicted octanol–water partition coefficient (Wildman–Crippen LogP) is 1.35. The molecule has 1 amide bonds. The van der Waals surface area contributed by atoms with Gasteiger partial charge in [-0.1, -0.05) is 6.07 Å². The van der Waals surface area contributed by atoms with E-state index < -0.39 is 0 Å². The normalized spacial score (nSPS) is 17.9. The summed E-state index contributed by atoms with van der Waals surface area (Å²) in [7, 11) is 0. The molecule has 3 rings (SSSR count). The van der Waals surface area contributed by atoms with Crippen LogP contribution in [0.5, 0.6) is 11.5 Å². The van der Waals surface area contributed by atoms with Crippen molar-refractivity contribution in [3.05, 3.63) is 23.8 Å². The van der Waals surface area contributed by atoms with Gasteiger partial charge >= 0.3 is 0 Å². The summed E-state index contributed by atoms with van der Waals surface area (Å²) in [6.45, 7) is 1.47. The van der Waals surface area contributed by atoms with Crippen molar-refractivity contribution in [2.24, 2.45) is 11.7 Å². The Labute approximate surface area is 124 Å². The average Bonchev–Trinajstić information content (AvgIpc) is 3.28. The molecular weight excluding hydrogens is 280 g/mol. The smallest absolute Gasteiger partial charge is 0.255 e. The third-order valence-corrected chi connectivity index (χ3v) is 3.57. The summed E-state index contributed by atoms with van der Waals surface area (Å²) in [5, 5.41) is 3.00. The molecule has 6 heteroatoms. The predicted molar refractivity (Wildman–Crippen MR) is 77.7 cm³/mol. The fourth-order valence-electron chi connectivity index (χ4n) is 2.37. The van der Waals surface area contributed by atoms with Gasteiger partial charge in [-0.15, -0.1) is 12.4 Å². The summed E-state index contributed by atoms with van der Waals surface area (Å²) in [6, 6.07) is 5.43. The Bertz CT molecular complexity index is 491. The molecule has 0 saturated heterocycles. The summed E-state index contributed by atoms with van der Waals surface area (Å²) in [5.41, 5.74) is 6.23. The van der Waals surface area contributed by atoms with Crippen molar-refractivity contribution in [2.75, 3.05) is 19.8 Å². The van der Waals surface area contributed by atoms with Gasteiger partial charge in [0.2, 0.25) is 0 Å². The molecule has 1 unspecified atom stereocenters. The number of carbonyl (C=O) groups excluding carboxylic acids is 1. The Morgan fingerprint density at radius 1 is 1.35 bits per heavy atom. The van der Waals surface area contributed by atoms with Gasteiger partial charge in [0.1, 0.15) is 13.2 Å². The quantitative estimate of drug-likeness (QED) is 0.880. The minimum Gasteiger partial charge on any atom is -0.486 e. The monoisotopic (exact) mass is 298 g/mol. The van der Waals surface area contributed by atoms with Crippen LogP contribution in [0.4, 0.5) is 0 Å². The Morgan fingerprint density at radius 3 is 2.80 bits per heavy atom. The number of carbonyl (C=O) groups is 1. The maximum Gasteiger partial charge on any atom is 0.255 e. The van der Waals surface area contributed by atoms with Crippen LogP contribution in [0.3, 0.4) is 0 Å². The second-order valence-corrected chi connectivity index (χ2v) is 4.98. The summed E-state index contributed by atoms with van der Waals surface area (Å²) < 4.78 is 11.0. The third kappa shape index (κ3) is 2.99. The Balaban J connectivity index is 0.00000147. The van der Waals surface area contributed by atoms with Crippen LogP contribution >= 0.6 is 12.4 Å². The van der Waals surface area contributed by atoms with Crippen molar-refractivity contribution in [3.8, 4) is 11.5 Å². The van der Waals surface area contributed by atoms with Crippen molar-refractivity contribution >= 4 is 18.3 Å². The molecule has 1 fully saturated rings. The van der Waals surface area contributed by atoms with Gasteiger partial charge in [0.15, 0.2) is 11.5 Å². The molecule has 1 aromatic rings. The lowest BCUT2D eigenvalue weighted by atomic mass is 10.1. The van der Waals surface area contributed by atoms with Crippen LogP contribution < -0.4 is 20.5 Å². The van der Waals surface area contributed by atoms with Crippen molar-refractivity contribution in [1.82, 2.24) is 5.32 Å². The van der Waals surface area contributed by atoms with Crippen molar-refractivity contribution < 1.29 is 14.3 Å². The zero-order valence-electron chi connectivity index (χ0n) is 11.1. The lowest BCUT2D eigenvalue weighted by Crippen LogP contribution is -2.42. The van der Waals surface area contributed by atoms with Crippen LogP contribution in [0.15, 0.2) is 18.2 Å². The number of benzene rings is 1. The molecule has 1 aromatic carbocycles. The first kappa shape index (κ1) is 14.9. The van der Waals surface area contributed by atoms with Gasteiger partial charge in [0.25, 0.3) is 5.91 Å². The molecule has 0 radical (unpaired) electrons. The summed E-state index contributed by atoms with van der Waals surface area (Å²) in [5.74, 6) is 1.57. The van der Waals surface area contributed by atoms with Gasteiger partial charge in [-0.25, -0.2) is 0 Å². The van der Waals surface area contributed by atoms with Gasteiger partial charge in [-0.05, 0) is 30.9 Å². The van der Waals surface area contributed by atoms with Crippen LogP contribution in [0.2, 0.25) is 0 Å². The van der Waals surface area contributed by atoms with Crippen LogP contribution in [-0.4, -0.2) is 31.7 Å². The standard InChI is InChI=1S/C14H18N2O3.ClH/c15-8-11(9-4-5-9)16-14(17)10-2-1-3-12-13(10)19-7-6-18-12;/h1-3,9,11H,4-8,15H2,(H,16,17);1H. The zero-order valence-corrected chi connectivity index (χ0v) is 11.9. The molecular formula is C14H19ClN2O3. The first-order valence-corrected chi connectivity index (χ1v) is 6.69. The van der Waals surface area contributed by atoms with E-state index in [-0.39, 0.29) is 24.4 Å².